The molecule has 0 atom stereocenters. The Bertz CT molecular complexity index is 374. The molecule has 0 bridgehead atoms. The number of hydrogen-bond donors (Lipinski definition) is 1. The van der Waals surface area contributed by atoms with Crippen molar-refractivity contribution in [2.75, 3.05) is 18.5 Å². The molecule has 0 fully saturated rings. The van der Waals surface area contributed by atoms with Gasteiger partial charge in [0.1, 0.15) is 17.6 Å². The molecule has 1 aromatic rings. The van der Waals surface area contributed by atoms with Crippen LogP contribution in [0.1, 0.15) is 58.2 Å². The minimum Gasteiger partial charge on any atom is -0.374 e. The van der Waals surface area contributed by atoms with E-state index < -0.39 is 0 Å². The van der Waals surface area contributed by atoms with Gasteiger partial charge < -0.3 is 10.1 Å². The molecule has 1 N–H and O–H groups in total. The lowest BCUT2D eigenvalue weighted by molar-refractivity contribution is 0.128. The van der Waals surface area contributed by atoms with Gasteiger partial charge in [-0.05, 0) is 13.3 Å². The molecule has 0 aliphatic rings. The Morgan fingerprint density at radius 2 is 1.85 bits per heavy atom. The highest BCUT2D eigenvalue weighted by Crippen LogP contribution is 2.13. The first-order chi connectivity index (χ1) is 9.76. The zero-order valence-corrected chi connectivity index (χ0v) is 13.4. The van der Waals surface area contributed by atoms with E-state index in [2.05, 4.69) is 22.2 Å². The van der Waals surface area contributed by atoms with Crippen LogP contribution < -0.4 is 5.32 Å². The molecule has 1 heterocycles. The lowest BCUT2D eigenvalue weighted by Crippen LogP contribution is -2.07. The molecule has 0 saturated heterocycles. The summed E-state index contributed by atoms with van der Waals surface area (Å²) in [5.74, 6) is 1.41. The summed E-state index contributed by atoms with van der Waals surface area (Å²) < 4.78 is 5.30. The predicted octanol–water partition coefficient (Wildman–Crippen LogP) is 4.44. The average molecular weight is 300 g/mol. The molecule has 0 aliphatic heterocycles. The van der Waals surface area contributed by atoms with Gasteiger partial charge in [-0.15, -0.1) is 0 Å². The van der Waals surface area contributed by atoms with E-state index in [0.29, 0.717) is 24.2 Å². The van der Waals surface area contributed by atoms with Gasteiger partial charge in [-0.25, -0.2) is 9.97 Å². The van der Waals surface area contributed by atoms with Crippen LogP contribution in [0, 0.1) is 0 Å². The first kappa shape index (κ1) is 17.2. The maximum atomic E-state index is 5.98. The summed E-state index contributed by atoms with van der Waals surface area (Å²) in [5.41, 5.74) is 0. The Morgan fingerprint density at radius 1 is 1.10 bits per heavy atom. The van der Waals surface area contributed by atoms with E-state index in [-0.39, 0.29) is 0 Å². The maximum Gasteiger partial charge on any atom is 0.158 e. The fourth-order valence-electron chi connectivity index (χ4n) is 1.93. The molecule has 1 rings (SSSR count). The van der Waals surface area contributed by atoms with E-state index in [1.165, 1.54) is 32.1 Å². The number of ether oxygens (including phenoxy) is 1. The summed E-state index contributed by atoms with van der Waals surface area (Å²) in [7, 11) is 0. The van der Waals surface area contributed by atoms with E-state index in [1.54, 1.807) is 6.07 Å². The molecule has 0 aromatic carbocycles. The second-order valence-electron chi connectivity index (χ2n) is 4.82. The van der Waals surface area contributed by atoms with Crippen molar-refractivity contribution < 1.29 is 4.74 Å². The molecule has 0 radical (unpaired) electrons. The molecular formula is C15H26ClN3O. The monoisotopic (exact) mass is 299 g/mol. The smallest absolute Gasteiger partial charge is 0.158 e. The first-order valence-electron chi connectivity index (χ1n) is 7.61. The summed E-state index contributed by atoms with van der Waals surface area (Å²) in [5, 5.41) is 3.76. The van der Waals surface area contributed by atoms with E-state index in [0.717, 1.165) is 18.8 Å². The maximum absolute atomic E-state index is 5.98. The number of halogens is 1. The topological polar surface area (TPSA) is 47.0 Å². The van der Waals surface area contributed by atoms with Crippen molar-refractivity contribution in [2.24, 2.45) is 0 Å². The molecule has 0 amide bonds. The number of rotatable bonds is 11. The molecule has 114 valence electrons. The molecule has 0 aliphatic carbocycles. The van der Waals surface area contributed by atoms with Crippen molar-refractivity contribution in [3.05, 3.63) is 17.0 Å². The van der Waals surface area contributed by atoms with Gasteiger partial charge in [-0.1, -0.05) is 50.6 Å². The van der Waals surface area contributed by atoms with E-state index >= 15 is 0 Å². The second-order valence-corrected chi connectivity index (χ2v) is 5.21. The summed E-state index contributed by atoms with van der Waals surface area (Å²) in [6, 6.07) is 1.76. The summed E-state index contributed by atoms with van der Waals surface area (Å²) in [4.78, 5) is 8.53. The van der Waals surface area contributed by atoms with Gasteiger partial charge in [-0.3, -0.25) is 0 Å². The molecule has 1 aromatic heterocycles. The van der Waals surface area contributed by atoms with Gasteiger partial charge in [-0.2, -0.15) is 0 Å². The molecule has 0 unspecified atom stereocenters. The van der Waals surface area contributed by atoms with Gasteiger partial charge >= 0.3 is 0 Å². The van der Waals surface area contributed by atoms with Crippen molar-refractivity contribution in [1.82, 2.24) is 9.97 Å². The van der Waals surface area contributed by atoms with Gasteiger partial charge in [0.25, 0.3) is 0 Å². The Kier molecular flexibility index (Phi) is 9.33. The molecular weight excluding hydrogens is 274 g/mol. The Labute approximate surface area is 127 Å². The van der Waals surface area contributed by atoms with E-state index in [4.69, 9.17) is 16.3 Å². The highest BCUT2D eigenvalue weighted by atomic mass is 35.5. The van der Waals surface area contributed by atoms with Crippen LogP contribution in [0.5, 0.6) is 0 Å². The van der Waals surface area contributed by atoms with Crippen LogP contribution >= 0.6 is 11.6 Å². The second kappa shape index (κ2) is 10.9. The van der Waals surface area contributed by atoms with Crippen LogP contribution in [0.3, 0.4) is 0 Å². The normalized spacial score (nSPS) is 10.8. The SMILES string of the molecule is CCCCCCCCNc1cc(Cl)nc(COCC)n1. The number of unbranched alkanes of at least 4 members (excludes halogenated alkanes) is 5. The minimum absolute atomic E-state index is 0.406. The predicted molar refractivity (Wildman–Crippen MR) is 84.2 cm³/mol. The van der Waals surface area contributed by atoms with Crippen molar-refractivity contribution in [1.29, 1.82) is 0 Å². The van der Waals surface area contributed by atoms with Crippen molar-refractivity contribution >= 4 is 17.4 Å². The van der Waals surface area contributed by atoms with Crippen molar-refractivity contribution in [3.8, 4) is 0 Å². The summed E-state index contributed by atoms with van der Waals surface area (Å²) >= 11 is 5.98. The summed E-state index contributed by atoms with van der Waals surface area (Å²) in [6.07, 6.45) is 7.71. The third-order valence-corrected chi connectivity index (χ3v) is 3.21. The number of nitrogens with zero attached hydrogens (tertiary/aromatic N) is 2. The fraction of sp³-hybridized carbons (Fsp3) is 0.733. The first-order valence-corrected chi connectivity index (χ1v) is 7.99. The quantitative estimate of drug-likeness (QED) is 0.485. The van der Waals surface area contributed by atoms with Crippen LogP contribution in [-0.2, 0) is 11.3 Å². The van der Waals surface area contributed by atoms with Gasteiger partial charge in [0.2, 0.25) is 0 Å². The molecule has 4 nitrogen and oxygen atoms in total. The molecule has 20 heavy (non-hydrogen) atoms. The Balaban J connectivity index is 2.26. The van der Waals surface area contributed by atoms with Crippen LogP contribution in [-0.4, -0.2) is 23.1 Å². The lowest BCUT2D eigenvalue weighted by atomic mass is 10.1. The Morgan fingerprint density at radius 3 is 2.60 bits per heavy atom. The third kappa shape index (κ3) is 7.65. The minimum atomic E-state index is 0.406. The standard InChI is InChI=1S/C15H26ClN3O/c1-3-5-6-7-8-9-10-17-14-11-13(16)18-15(19-14)12-20-4-2/h11H,3-10,12H2,1-2H3,(H,17,18,19). The van der Waals surface area contributed by atoms with Gasteiger partial charge in [0.05, 0.1) is 0 Å². The number of nitrogens with one attached hydrogen (secondary N) is 1. The van der Waals surface area contributed by atoms with Crippen LogP contribution in [0.25, 0.3) is 0 Å². The number of hydrogen-bond acceptors (Lipinski definition) is 4. The van der Waals surface area contributed by atoms with Gasteiger partial charge in [0.15, 0.2) is 5.82 Å². The van der Waals surface area contributed by atoms with Crippen LogP contribution in [0.4, 0.5) is 5.82 Å². The van der Waals surface area contributed by atoms with E-state index in [1.807, 2.05) is 6.92 Å². The zero-order valence-electron chi connectivity index (χ0n) is 12.6. The molecule has 5 heteroatoms. The highest BCUT2D eigenvalue weighted by molar-refractivity contribution is 6.29. The lowest BCUT2D eigenvalue weighted by Gasteiger charge is -2.08. The zero-order chi connectivity index (χ0) is 14.6. The Hall–Kier alpha value is -0.870. The van der Waals surface area contributed by atoms with Crippen LogP contribution in [0.2, 0.25) is 5.15 Å². The largest absolute Gasteiger partial charge is 0.374 e. The molecule has 0 saturated carbocycles. The van der Waals surface area contributed by atoms with Crippen LogP contribution in [0.15, 0.2) is 6.07 Å². The number of anilines is 1. The third-order valence-electron chi connectivity index (χ3n) is 3.01. The van der Waals surface area contributed by atoms with E-state index in [9.17, 15) is 0 Å². The molecule has 0 spiro atoms. The summed E-state index contributed by atoms with van der Waals surface area (Å²) in [6.45, 7) is 6.16. The van der Waals surface area contributed by atoms with Crippen molar-refractivity contribution in [3.63, 3.8) is 0 Å². The van der Waals surface area contributed by atoms with Gasteiger partial charge in [0, 0.05) is 19.2 Å². The van der Waals surface area contributed by atoms with Crippen molar-refractivity contribution in [2.45, 2.75) is 59.0 Å². The fourth-order valence-corrected chi connectivity index (χ4v) is 2.14. The average Bonchev–Trinajstić information content (AvgIpc) is 2.43. The highest BCUT2D eigenvalue weighted by Gasteiger charge is 2.03. The number of aromatic nitrogens is 2.